The van der Waals surface area contributed by atoms with Gasteiger partial charge in [0.1, 0.15) is 18.8 Å². The number of carbonyl (C=O) groups excluding carboxylic acids is 2. The number of benzene rings is 3. The lowest BCUT2D eigenvalue weighted by Crippen LogP contribution is -2.69. The fraction of sp³-hybridized carbons (Fsp3) is 0.355. The average molecular weight is 554 g/mol. The standard InChI is InChI=1S/C31H32F3N2O4/c1-21-17-24-15-16-36(21,19-27(37)22-9-4-2-5-10-22)20-28(24)39-30(38)29(23-11-6-3-7-12-23)35-25-13-8-14-26(18-25)40-31(32,33)34/h2-14,18,21,24,28-29,35H,15-17,19-20H2,1H3/q+1. The molecule has 40 heavy (non-hydrogen) atoms. The maximum Gasteiger partial charge on any atom is 0.573 e. The molecule has 3 aromatic carbocycles. The maximum absolute atomic E-state index is 13.7. The summed E-state index contributed by atoms with van der Waals surface area (Å²) < 4.78 is 49.0. The van der Waals surface area contributed by atoms with E-state index in [1.165, 1.54) is 18.2 Å². The lowest BCUT2D eigenvalue weighted by molar-refractivity contribution is -0.960. The first-order valence-electron chi connectivity index (χ1n) is 13.4. The molecule has 0 aliphatic carbocycles. The third-order valence-corrected chi connectivity index (χ3v) is 8.16. The lowest BCUT2D eigenvalue weighted by atomic mass is 9.78. The molecule has 3 aromatic rings. The highest BCUT2D eigenvalue weighted by Gasteiger charge is 2.52. The molecule has 5 unspecified atom stereocenters. The molecule has 2 bridgehead atoms. The van der Waals surface area contributed by atoms with Crippen LogP contribution in [0.3, 0.4) is 0 Å². The van der Waals surface area contributed by atoms with Crippen LogP contribution in [0.2, 0.25) is 0 Å². The molecule has 3 saturated heterocycles. The summed E-state index contributed by atoms with van der Waals surface area (Å²) in [5, 5.41) is 3.05. The Bertz CT molecular complexity index is 1340. The summed E-state index contributed by atoms with van der Waals surface area (Å²) in [6.45, 7) is 3.91. The Labute approximate surface area is 231 Å². The van der Waals surface area contributed by atoms with Crippen molar-refractivity contribution in [2.75, 3.05) is 25.0 Å². The number of quaternary nitrogens is 1. The highest BCUT2D eigenvalue weighted by molar-refractivity contribution is 5.97. The van der Waals surface area contributed by atoms with Gasteiger partial charge in [-0.05, 0) is 24.6 Å². The minimum atomic E-state index is -4.83. The van der Waals surface area contributed by atoms with E-state index >= 15 is 0 Å². The number of ether oxygens (including phenoxy) is 2. The number of rotatable bonds is 9. The Morgan fingerprint density at radius 3 is 2.38 bits per heavy atom. The molecule has 0 aromatic heterocycles. The summed E-state index contributed by atoms with van der Waals surface area (Å²) in [5.74, 6) is -0.653. The third-order valence-electron chi connectivity index (χ3n) is 8.16. The Morgan fingerprint density at radius 1 is 1.00 bits per heavy atom. The van der Waals surface area contributed by atoms with Gasteiger partial charge in [-0.3, -0.25) is 4.79 Å². The number of anilines is 1. The lowest BCUT2D eigenvalue weighted by Gasteiger charge is -2.55. The summed E-state index contributed by atoms with van der Waals surface area (Å²) in [6, 6.07) is 22.8. The number of halogens is 3. The van der Waals surface area contributed by atoms with E-state index in [-0.39, 0.29) is 29.5 Å². The maximum atomic E-state index is 13.7. The Morgan fingerprint density at radius 2 is 1.70 bits per heavy atom. The number of Topliss-reactive ketones (excluding diaryl/α,β-unsaturated/α-hetero) is 1. The fourth-order valence-corrected chi connectivity index (χ4v) is 6.06. The predicted molar refractivity (Wildman–Crippen MR) is 144 cm³/mol. The minimum Gasteiger partial charge on any atom is -0.454 e. The topological polar surface area (TPSA) is 64.6 Å². The SMILES string of the molecule is CC1CC2CC[N+]1(CC(=O)c1ccccc1)CC2OC(=O)C(Nc1cccc(OC(F)(F)F)c1)c1ccccc1. The van der Waals surface area contributed by atoms with Gasteiger partial charge in [-0.2, -0.15) is 0 Å². The molecule has 0 radical (unpaired) electrons. The van der Waals surface area contributed by atoms with Crippen LogP contribution in [0, 0.1) is 5.92 Å². The van der Waals surface area contributed by atoms with E-state index in [1.54, 1.807) is 30.3 Å². The van der Waals surface area contributed by atoms with Crippen molar-refractivity contribution in [3.63, 3.8) is 0 Å². The Balaban J connectivity index is 1.34. The average Bonchev–Trinajstić information content (AvgIpc) is 2.93. The zero-order valence-corrected chi connectivity index (χ0v) is 22.1. The number of ketones is 1. The Kier molecular flexibility index (Phi) is 7.85. The number of alkyl halides is 3. The normalized spacial score (nSPS) is 24.6. The third kappa shape index (κ3) is 6.31. The van der Waals surface area contributed by atoms with Gasteiger partial charge in [-0.25, -0.2) is 4.79 Å². The largest absolute Gasteiger partial charge is 0.573 e. The molecular weight excluding hydrogens is 521 g/mol. The van der Waals surface area contributed by atoms with Gasteiger partial charge in [0.05, 0.1) is 12.6 Å². The van der Waals surface area contributed by atoms with Gasteiger partial charge in [0.2, 0.25) is 5.78 Å². The molecule has 9 heteroatoms. The first-order valence-corrected chi connectivity index (χ1v) is 13.4. The monoisotopic (exact) mass is 553 g/mol. The van der Waals surface area contributed by atoms with Gasteiger partial charge in [0.15, 0.2) is 12.1 Å². The van der Waals surface area contributed by atoms with Crippen molar-refractivity contribution in [3.8, 4) is 5.75 Å². The van der Waals surface area contributed by atoms with Crippen molar-refractivity contribution in [3.05, 3.63) is 96.1 Å². The van der Waals surface area contributed by atoms with Crippen LogP contribution in [-0.2, 0) is 9.53 Å². The summed E-state index contributed by atoms with van der Waals surface area (Å²) in [4.78, 5) is 26.8. The van der Waals surface area contributed by atoms with Crippen molar-refractivity contribution < 1.29 is 36.7 Å². The highest BCUT2D eigenvalue weighted by atomic mass is 19.4. The van der Waals surface area contributed by atoms with Gasteiger partial charge in [0, 0.05) is 36.1 Å². The number of nitrogens with one attached hydrogen (secondary N) is 1. The molecule has 1 N–H and O–H groups in total. The molecule has 0 spiro atoms. The van der Waals surface area contributed by atoms with E-state index in [1.807, 2.05) is 36.4 Å². The minimum absolute atomic E-state index is 0.0719. The highest BCUT2D eigenvalue weighted by Crippen LogP contribution is 2.41. The molecular formula is C31H32F3N2O4+. The molecule has 3 aliphatic heterocycles. The molecule has 3 heterocycles. The number of nitrogens with zero attached hydrogens (tertiary/aromatic N) is 1. The van der Waals surface area contributed by atoms with Gasteiger partial charge >= 0.3 is 12.3 Å². The van der Waals surface area contributed by atoms with Crippen LogP contribution < -0.4 is 10.1 Å². The van der Waals surface area contributed by atoms with Crippen molar-refractivity contribution >= 4 is 17.4 Å². The number of hydrogen-bond acceptors (Lipinski definition) is 5. The summed E-state index contributed by atoms with van der Waals surface area (Å²) in [6.07, 6.45) is -3.50. The number of fused-ring (bicyclic) bond motifs is 3. The van der Waals surface area contributed by atoms with Gasteiger partial charge < -0.3 is 19.3 Å². The van der Waals surface area contributed by atoms with Crippen LogP contribution in [0.25, 0.3) is 0 Å². The van der Waals surface area contributed by atoms with E-state index in [2.05, 4.69) is 17.0 Å². The van der Waals surface area contributed by atoms with E-state index < -0.39 is 24.1 Å². The molecule has 5 atom stereocenters. The van der Waals surface area contributed by atoms with Gasteiger partial charge in [-0.15, -0.1) is 13.2 Å². The molecule has 0 saturated carbocycles. The van der Waals surface area contributed by atoms with E-state index in [4.69, 9.17) is 4.74 Å². The first-order chi connectivity index (χ1) is 19.1. The van der Waals surface area contributed by atoms with Crippen LogP contribution in [-0.4, -0.2) is 54.4 Å². The number of piperidine rings is 3. The zero-order chi connectivity index (χ0) is 28.3. The molecule has 210 valence electrons. The second-order valence-electron chi connectivity index (χ2n) is 10.7. The molecule has 3 aliphatic rings. The fourth-order valence-electron chi connectivity index (χ4n) is 6.06. The molecule has 0 amide bonds. The van der Waals surface area contributed by atoms with Gasteiger partial charge in [0.25, 0.3) is 0 Å². The van der Waals surface area contributed by atoms with E-state index in [0.717, 1.165) is 19.4 Å². The van der Waals surface area contributed by atoms with E-state index in [0.29, 0.717) is 28.7 Å². The van der Waals surface area contributed by atoms with Crippen LogP contribution in [0.4, 0.5) is 18.9 Å². The van der Waals surface area contributed by atoms with Crippen LogP contribution in [0.15, 0.2) is 84.9 Å². The predicted octanol–water partition coefficient (Wildman–Crippen LogP) is 6.16. The van der Waals surface area contributed by atoms with Crippen molar-refractivity contribution in [2.45, 2.75) is 44.3 Å². The summed E-state index contributed by atoms with van der Waals surface area (Å²) in [5.41, 5.74) is 1.58. The number of carbonyl (C=O) groups is 2. The number of esters is 1. The quantitative estimate of drug-likeness (QED) is 0.195. The summed E-state index contributed by atoms with van der Waals surface area (Å²) in [7, 11) is 0. The molecule has 6 rings (SSSR count). The summed E-state index contributed by atoms with van der Waals surface area (Å²) >= 11 is 0. The van der Waals surface area contributed by atoms with Crippen molar-refractivity contribution in [1.82, 2.24) is 0 Å². The van der Waals surface area contributed by atoms with Crippen LogP contribution in [0.1, 0.15) is 41.7 Å². The molecule has 3 fully saturated rings. The Hall–Kier alpha value is -3.85. The van der Waals surface area contributed by atoms with E-state index in [9.17, 15) is 22.8 Å². The van der Waals surface area contributed by atoms with Crippen LogP contribution in [0.5, 0.6) is 5.75 Å². The second-order valence-corrected chi connectivity index (χ2v) is 10.7. The number of hydrogen-bond donors (Lipinski definition) is 1. The second kappa shape index (κ2) is 11.3. The zero-order valence-electron chi connectivity index (χ0n) is 22.1. The molecule has 6 nitrogen and oxygen atoms in total. The van der Waals surface area contributed by atoms with Gasteiger partial charge in [-0.1, -0.05) is 66.7 Å². The van der Waals surface area contributed by atoms with Crippen molar-refractivity contribution in [2.24, 2.45) is 5.92 Å². The smallest absolute Gasteiger partial charge is 0.454 e. The van der Waals surface area contributed by atoms with Crippen LogP contribution >= 0.6 is 0 Å². The first kappa shape index (κ1) is 27.7. The van der Waals surface area contributed by atoms with Crippen molar-refractivity contribution in [1.29, 1.82) is 0 Å².